The summed E-state index contributed by atoms with van der Waals surface area (Å²) in [5.41, 5.74) is 2.58. The van der Waals surface area contributed by atoms with E-state index in [-0.39, 0.29) is 0 Å². The summed E-state index contributed by atoms with van der Waals surface area (Å²) in [7, 11) is 0. The molecule has 0 aromatic carbocycles. The first kappa shape index (κ1) is 19.6. The Morgan fingerprint density at radius 3 is 2.68 bits per heavy atom. The summed E-state index contributed by atoms with van der Waals surface area (Å²) in [6, 6.07) is 4.36. The number of carbonyl (C=O) groups is 1. The molecular weight excluding hydrogens is 368 g/mol. The number of carbonyl (C=O) groups excluding carboxylic acids is 1. The Morgan fingerprint density at radius 1 is 1.11 bits per heavy atom. The molecule has 6 heteroatoms. The first-order valence-electron chi connectivity index (χ1n) is 10.7. The highest BCUT2D eigenvalue weighted by Gasteiger charge is 2.24. The maximum Gasteiger partial charge on any atom is 0.222 e. The van der Waals surface area contributed by atoms with Crippen molar-refractivity contribution in [3.05, 3.63) is 39.1 Å². The Bertz CT molecular complexity index is 817. The van der Waals surface area contributed by atoms with Crippen LogP contribution >= 0.6 is 11.3 Å². The average molecular weight is 401 g/mol. The molecule has 2 aromatic rings. The Morgan fingerprint density at radius 2 is 1.93 bits per heavy atom. The van der Waals surface area contributed by atoms with Crippen molar-refractivity contribution in [1.29, 1.82) is 0 Å². The highest BCUT2D eigenvalue weighted by atomic mass is 32.1. The van der Waals surface area contributed by atoms with Crippen LogP contribution in [0.1, 0.15) is 52.6 Å². The van der Waals surface area contributed by atoms with Crippen LogP contribution in [0.5, 0.6) is 0 Å². The van der Waals surface area contributed by atoms with E-state index in [4.69, 9.17) is 4.98 Å². The normalized spacial score (nSPS) is 17.7. The van der Waals surface area contributed by atoms with E-state index in [9.17, 15) is 4.79 Å². The van der Waals surface area contributed by atoms with Crippen LogP contribution in [0, 0.1) is 13.8 Å². The molecule has 0 aliphatic carbocycles. The quantitative estimate of drug-likeness (QED) is 0.744. The highest BCUT2D eigenvalue weighted by Crippen LogP contribution is 2.22. The third-order valence-corrected chi connectivity index (χ3v) is 7.15. The molecule has 1 amide bonds. The van der Waals surface area contributed by atoms with Crippen molar-refractivity contribution in [2.24, 2.45) is 0 Å². The van der Waals surface area contributed by atoms with Crippen molar-refractivity contribution in [1.82, 2.24) is 19.4 Å². The van der Waals surface area contributed by atoms with Crippen molar-refractivity contribution >= 4 is 17.2 Å². The SMILES string of the molecule is Cc1ccc(CCCC(=O)N2CCN(Cc3c(C)nc4n3CCCC4)CC2)s1. The van der Waals surface area contributed by atoms with Crippen LogP contribution in [0.2, 0.25) is 0 Å². The van der Waals surface area contributed by atoms with Crippen molar-refractivity contribution in [2.75, 3.05) is 26.2 Å². The van der Waals surface area contributed by atoms with Gasteiger partial charge in [0.25, 0.3) is 0 Å². The Labute approximate surface area is 172 Å². The van der Waals surface area contributed by atoms with Gasteiger partial charge < -0.3 is 9.47 Å². The van der Waals surface area contributed by atoms with Crippen LogP contribution < -0.4 is 0 Å². The minimum Gasteiger partial charge on any atom is -0.340 e. The lowest BCUT2D eigenvalue weighted by molar-refractivity contribution is -0.133. The Hall–Kier alpha value is -1.66. The Balaban J connectivity index is 1.23. The summed E-state index contributed by atoms with van der Waals surface area (Å²) in [6.45, 7) is 10.0. The molecule has 0 radical (unpaired) electrons. The summed E-state index contributed by atoms with van der Waals surface area (Å²) >= 11 is 1.85. The molecule has 4 rings (SSSR count). The maximum atomic E-state index is 12.6. The molecule has 1 saturated heterocycles. The molecule has 0 atom stereocenters. The van der Waals surface area contributed by atoms with E-state index in [0.717, 1.165) is 58.5 Å². The third kappa shape index (κ3) is 4.49. The molecule has 0 N–H and O–H groups in total. The summed E-state index contributed by atoms with van der Waals surface area (Å²) in [4.78, 5) is 24.7. The first-order chi connectivity index (χ1) is 13.6. The molecule has 0 saturated carbocycles. The van der Waals surface area contributed by atoms with E-state index >= 15 is 0 Å². The molecule has 0 spiro atoms. The van der Waals surface area contributed by atoms with E-state index < -0.39 is 0 Å². The van der Waals surface area contributed by atoms with Crippen LogP contribution in [0.3, 0.4) is 0 Å². The second-order valence-electron chi connectivity index (χ2n) is 8.19. The molecule has 1 fully saturated rings. The van der Waals surface area contributed by atoms with Gasteiger partial charge in [-0.15, -0.1) is 11.3 Å². The van der Waals surface area contributed by atoms with Gasteiger partial charge in [0.05, 0.1) is 11.4 Å². The number of piperazine rings is 1. The standard InChI is InChI=1S/C22H32N4OS/c1-17-9-10-19(28-17)6-5-8-22(27)25-14-12-24(13-15-25)16-20-18(2)23-21-7-3-4-11-26(20)21/h9-10H,3-8,11-16H2,1-2H3. The van der Waals surface area contributed by atoms with Gasteiger partial charge in [-0.2, -0.15) is 0 Å². The number of nitrogens with zero attached hydrogens (tertiary/aromatic N) is 4. The molecule has 28 heavy (non-hydrogen) atoms. The van der Waals surface area contributed by atoms with E-state index in [1.165, 1.54) is 39.8 Å². The van der Waals surface area contributed by atoms with Gasteiger partial charge in [-0.05, 0) is 51.7 Å². The van der Waals surface area contributed by atoms with Crippen LogP contribution in [0.15, 0.2) is 12.1 Å². The van der Waals surface area contributed by atoms with Crippen molar-refractivity contribution in [2.45, 2.75) is 65.5 Å². The van der Waals surface area contributed by atoms with Gasteiger partial charge >= 0.3 is 0 Å². The summed E-state index contributed by atoms with van der Waals surface area (Å²) in [5, 5.41) is 0. The van der Waals surface area contributed by atoms with E-state index in [2.05, 4.69) is 40.3 Å². The molecule has 2 aliphatic rings. The number of aromatic nitrogens is 2. The van der Waals surface area contributed by atoms with Crippen LogP contribution in [0.4, 0.5) is 0 Å². The summed E-state index contributed by atoms with van der Waals surface area (Å²) in [6.07, 6.45) is 6.31. The molecule has 2 aromatic heterocycles. The van der Waals surface area contributed by atoms with Gasteiger partial charge in [0, 0.05) is 61.9 Å². The zero-order valence-electron chi connectivity index (χ0n) is 17.2. The van der Waals surface area contributed by atoms with Gasteiger partial charge in [-0.25, -0.2) is 4.98 Å². The summed E-state index contributed by atoms with van der Waals surface area (Å²) < 4.78 is 2.45. The van der Waals surface area contributed by atoms with Gasteiger partial charge in [-0.3, -0.25) is 9.69 Å². The van der Waals surface area contributed by atoms with Gasteiger partial charge in [0.1, 0.15) is 5.82 Å². The molecule has 4 heterocycles. The van der Waals surface area contributed by atoms with Crippen LogP contribution in [-0.2, 0) is 30.7 Å². The molecule has 152 valence electrons. The molecule has 0 unspecified atom stereocenters. The van der Waals surface area contributed by atoms with Gasteiger partial charge in [0.15, 0.2) is 0 Å². The minimum absolute atomic E-state index is 0.325. The molecule has 5 nitrogen and oxygen atoms in total. The zero-order valence-corrected chi connectivity index (χ0v) is 18.1. The maximum absolute atomic E-state index is 12.6. The predicted molar refractivity (Wildman–Crippen MR) is 114 cm³/mol. The molecule has 2 aliphatic heterocycles. The lowest BCUT2D eigenvalue weighted by atomic mass is 10.1. The Kier molecular flexibility index (Phi) is 6.16. The second kappa shape index (κ2) is 8.78. The fraction of sp³-hybridized carbons (Fsp3) is 0.636. The number of aryl methyl sites for hydroxylation is 4. The summed E-state index contributed by atoms with van der Waals surface area (Å²) in [5.74, 6) is 1.60. The van der Waals surface area contributed by atoms with Crippen LogP contribution in [-0.4, -0.2) is 51.4 Å². The van der Waals surface area contributed by atoms with Gasteiger partial charge in [-0.1, -0.05) is 0 Å². The van der Waals surface area contributed by atoms with Crippen LogP contribution in [0.25, 0.3) is 0 Å². The van der Waals surface area contributed by atoms with Gasteiger partial charge in [0.2, 0.25) is 5.91 Å². The lowest BCUT2D eigenvalue weighted by Gasteiger charge is -2.35. The monoisotopic (exact) mass is 400 g/mol. The fourth-order valence-electron chi connectivity index (χ4n) is 4.44. The number of fused-ring (bicyclic) bond motifs is 1. The first-order valence-corrected chi connectivity index (χ1v) is 11.5. The van der Waals surface area contributed by atoms with Crippen molar-refractivity contribution < 1.29 is 4.79 Å². The fourth-order valence-corrected chi connectivity index (χ4v) is 5.37. The third-order valence-electron chi connectivity index (χ3n) is 6.09. The number of amides is 1. The largest absolute Gasteiger partial charge is 0.340 e. The number of hydrogen-bond acceptors (Lipinski definition) is 4. The number of hydrogen-bond donors (Lipinski definition) is 0. The van der Waals surface area contributed by atoms with E-state index in [1.54, 1.807) is 0 Å². The van der Waals surface area contributed by atoms with E-state index in [0.29, 0.717) is 12.3 Å². The highest BCUT2D eigenvalue weighted by molar-refractivity contribution is 7.11. The van der Waals surface area contributed by atoms with E-state index in [1.807, 2.05) is 11.3 Å². The number of rotatable bonds is 6. The topological polar surface area (TPSA) is 41.4 Å². The lowest BCUT2D eigenvalue weighted by Crippen LogP contribution is -2.48. The van der Waals surface area contributed by atoms with Crippen molar-refractivity contribution in [3.8, 4) is 0 Å². The second-order valence-corrected chi connectivity index (χ2v) is 9.56. The van der Waals surface area contributed by atoms with Crippen molar-refractivity contribution in [3.63, 3.8) is 0 Å². The number of thiophene rings is 1. The number of imidazole rings is 1. The molecular formula is C22H32N4OS. The predicted octanol–water partition coefficient (Wildman–Crippen LogP) is 3.56. The zero-order chi connectivity index (χ0) is 19.5. The molecule has 0 bridgehead atoms. The average Bonchev–Trinajstić information content (AvgIpc) is 3.25. The smallest absolute Gasteiger partial charge is 0.222 e. The minimum atomic E-state index is 0.325.